The Balaban J connectivity index is 0.000000640. The van der Waals surface area contributed by atoms with Crippen molar-refractivity contribution < 1.29 is 27.9 Å². The van der Waals surface area contributed by atoms with E-state index >= 15 is 0 Å². The van der Waals surface area contributed by atoms with Gasteiger partial charge in [-0.1, -0.05) is 6.92 Å². The van der Waals surface area contributed by atoms with Crippen molar-refractivity contribution in [3.63, 3.8) is 0 Å². The van der Waals surface area contributed by atoms with Gasteiger partial charge in [0.05, 0.1) is 17.9 Å². The molecule has 2 aliphatic heterocycles. The minimum atomic E-state index is -1.11. The summed E-state index contributed by atoms with van der Waals surface area (Å²) in [4.78, 5) is 34.8. The number of hydrogen-bond donors (Lipinski definition) is 1. The van der Waals surface area contributed by atoms with Gasteiger partial charge in [-0.15, -0.1) is 0 Å². The van der Waals surface area contributed by atoms with Crippen molar-refractivity contribution in [1.82, 2.24) is 5.32 Å². The molecule has 1 amide bonds. The topological polar surface area (TPSA) is 79.0 Å². The lowest BCUT2D eigenvalue weighted by Crippen LogP contribution is -2.30. The molecule has 0 saturated carbocycles. The van der Waals surface area contributed by atoms with Gasteiger partial charge in [0, 0.05) is 32.1 Å². The summed E-state index contributed by atoms with van der Waals surface area (Å²) in [6, 6.07) is 2.74. The minimum absolute atomic E-state index is 0.0272. The number of carbonyl (C=O) groups is 3. The highest BCUT2D eigenvalue weighted by Gasteiger charge is 2.34. The van der Waals surface area contributed by atoms with Crippen LogP contribution >= 0.6 is 0 Å². The van der Waals surface area contributed by atoms with Gasteiger partial charge in [-0.3, -0.25) is 9.69 Å². The summed E-state index contributed by atoms with van der Waals surface area (Å²) in [5.41, 5.74) is -0.128. The number of nitrogens with one attached hydrogen (secondary N) is 1. The molecule has 9 heteroatoms. The van der Waals surface area contributed by atoms with Crippen LogP contribution in [0.3, 0.4) is 0 Å². The molecule has 1 fully saturated rings. The highest BCUT2D eigenvalue weighted by atomic mass is 19.2. The summed E-state index contributed by atoms with van der Waals surface area (Å²) < 4.78 is 34.0. The van der Waals surface area contributed by atoms with Gasteiger partial charge in [0.25, 0.3) is 0 Å². The van der Waals surface area contributed by atoms with Crippen molar-refractivity contribution in [1.29, 1.82) is 0 Å². The molecule has 1 saturated heterocycles. The molecule has 1 atom stereocenters. The van der Waals surface area contributed by atoms with Crippen LogP contribution in [0, 0.1) is 11.6 Å². The standard InChI is InChI=1S/C16H17F2N3O3.C3H6O/c1-19-8-11-9-21(16(23)24-11)13-3-2-12(14(17)15(13)18)20-6-4-10(22)5-7-20;1-2-3-4/h2-4,6,11,19H,5,7-9H2,1H3;3H,2H2,1H3. The van der Waals surface area contributed by atoms with Gasteiger partial charge in [0.2, 0.25) is 0 Å². The van der Waals surface area contributed by atoms with Gasteiger partial charge in [-0.25, -0.2) is 13.6 Å². The number of nitrogens with zero attached hydrogens (tertiary/aromatic N) is 2. The Hall–Kier alpha value is -2.81. The van der Waals surface area contributed by atoms with Crippen molar-refractivity contribution in [3.8, 4) is 0 Å². The molecule has 28 heavy (non-hydrogen) atoms. The van der Waals surface area contributed by atoms with Crippen molar-refractivity contribution >= 4 is 29.5 Å². The number of hydrogen-bond acceptors (Lipinski definition) is 6. The molecule has 2 aliphatic rings. The Labute approximate surface area is 161 Å². The van der Waals surface area contributed by atoms with Gasteiger partial charge >= 0.3 is 6.09 Å². The summed E-state index contributed by atoms with van der Waals surface area (Å²) in [6.45, 7) is 2.67. The van der Waals surface area contributed by atoms with E-state index in [1.807, 2.05) is 6.92 Å². The highest BCUT2D eigenvalue weighted by Crippen LogP contribution is 2.32. The molecular formula is C19H23F2N3O4. The third-order valence-electron chi connectivity index (χ3n) is 4.15. The van der Waals surface area contributed by atoms with E-state index in [1.54, 1.807) is 7.05 Å². The molecule has 0 spiro atoms. The second-order valence-electron chi connectivity index (χ2n) is 6.21. The third-order valence-corrected chi connectivity index (χ3v) is 4.15. The van der Waals surface area contributed by atoms with Crippen LogP contribution in [0.15, 0.2) is 24.4 Å². The average Bonchev–Trinajstić information content (AvgIpc) is 3.05. The van der Waals surface area contributed by atoms with Crippen molar-refractivity contribution in [3.05, 3.63) is 36.0 Å². The number of cyclic esters (lactones) is 1. The Morgan fingerprint density at radius 3 is 2.46 bits per heavy atom. The van der Waals surface area contributed by atoms with Gasteiger partial charge in [-0.2, -0.15) is 0 Å². The number of benzene rings is 1. The predicted molar refractivity (Wildman–Crippen MR) is 100 cm³/mol. The Morgan fingerprint density at radius 1 is 1.25 bits per heavy atom. The molecule has 1 unspecified atom stereocenters. The molecule has 1 aromatic carbocycles. The molecule has 0 radical (unpaired) electrons. The lowest BCUT2D eigenvalue weighted by atomic mass is 10.1. The number of carbonyl (C=O) groups excluding carboxylic acids is 3. The summed E-state index contributed by atoms with van der Waals surface area (Å²) in [6.07, 6.45) is 3.39. The monoisotopic (exact) mass is 395 g/mol. The number of likely N-dealkylation sites (N-methyl/N-ethyl adjacent to an activating group) is 1. The molecule has 0 bridgehead atoms. The maximum absolute atomic E-state index is 14.5. The number of ketones is 1. The molecule has 0 aromatic heterocycles. The van der Waals surface area contributed by atoms with Crippen LogP contribution in [0.1, 0.15) is 19.8 Å². The smallest absolute Gasteiger partial charge is 0.414 e. The second-order valence-corrected chi connectivity index (χ2v) is 6.21. The highest BCUT2D eigenvalue weighted by molar-refractivity contribution is 5.92. The van der Waals surface area contributed by atoms with Crippen LogP contribution in [0.2, 0.25) is 0 Å². The third kappa shape index (κ3) is 4.92. The van der Waals surface area contributed by atoms with Crippen molar-refractivity contribution in [2.45, 2.75) is 25.9 Å². The first-order chi connectivity index (χ1) is 13.4. The Morgan fingerprint density at radius 2 is 1.89 bits per heavy atom. The van der Waals surface area contributed by atoms with E-state index in [-0.39, 0.29) is 36.7 Å². The molecular weight excluding hydrogens is 372 g/mol. The largest absolute Gasteiger partial charge is 0.443 e. The number of allylic oxidation sites excluding steroid dienone is 1. The number of ether oxygens (including phenoxy) is 1. The van der Waals surface area contributed by atoms with Crippen LogP contribution in [0.5, 0.6) is 0 Å². The van der Waals surface area contributed by atoms with Crippen molar-refractivity contribution in [2.75, 3.05) is 36.5 Å². The lowest BCUT2D eigenvalue weighted by molar-refractivity contribution is -0.114. The minimum Gasteiger partial charge on any atom is -0.443 e. The van der Waals surface area contributed by atoms with E-state index < -0.39 is 23.8 Å². The number of aldehydes is 1. The van der Waals surface area contributed by atoms with Crippen LogP contribution in [0.4, 0.5) is 25.0 Å². The van der Waals surface area contributed by atoms with E-state index in [1.165, 1.54) is 29.3 Å². The van der Waals surface area contributed by atoms with Gasteiger partial charge in [-0.05, 0) is 25.3 Å². The summed E-state index contributed by atoms with van der Waals surface area (Å²) >= 11 is 0. The molecule has 2 heterocycles. The fraction of sp³-hybridized carbons (Fsp3) is 0.421. The Bertz CT molecular complexity index is 770. The lowest BCUT2D eigenvalue weighted by Gasteiger charge is -2.24. The summed E-state index contributed by atoms with van der Waals surface area (Å²) in [5.74, 6) is -2.23. The first kappa shape index (κ1) is 21.5. The summed E-state index contributed by atoms with van der Waals surface area (Å²) in [5, 5.41) is 2.87. The molecule has 152 valence electrons. The fourth-order valence-corrected chi connectivity index (χ4v) is 2.77. The Kier molecular flexibility index (Phi) is 7.62. The SMILES string of the molecule is CCC=O.CNCC1CN(c2ccc(N3C=CC(=O)CC3)c(F)c2F)C(=O)O1. The van der Waals surface area contributed by atoms with Crippen LogP contribution in [-0.4, -0.2) is 50.9 Å². The second kappa shape index (κ2) is 9.93. The summed E-state index contributed by atoms with van der Waals surface area (Å²) in [7, 11) is 1.71. The first-order valence-electron chi connectivity index (χ1n) is 8.94. The van der Waals surface area contributed by atoms with Gasteiger partial charge < -0.3 is 19.7 Å². The van der Waals surface area contributed by atoms with Crippen LogP contribution < -0.4 is 15.1 Å². The van der Waals surface area contributed by atoms with Gasteiger partial charge in [0.15, 0.2) is 17.4 Å². The van der Waals surface area contributed by atoms with Crippen molar-refractivity contribution in [2.24, 2.45) is 0 Å². The normalized spacial score (nSPS) is 18.6. The molecule has 1 N–H and O–H groups in total. The average molecular weight is 395 g/mol. The zero-order valence-corrected chi connectivity index (χ0v) is 15.8. The van der Waals surface area contributed by atoms with Crippen LogP contribution in [0.25, 0.3) is 0 Å². The van der Waals surface area contributed by atoms with Crippen LogP contribution in [-0.2, 0) is 14.3 Å². The zero-order valence-electron chi connectivity index (χ0n) is 15.8. The molecule has 3 rings (SSSR count). The van der Waals surface area contributed by atoms with E-state index in [0.717, 1.165) is 11.2 Å². The molecule has 0 aliphatic carbocycles. The fourth-order valence-electron chi connectivity index (χ4n) is 2.77. The molecule has 1 aromatic rings. The maximum atomic E-state index is 14.5. The number of rotatable bonds is 5. The van der Waals surface area contributed by atoms with E-state index in [9.17, 15) is 23.2 Å². The quantitative estimate of drug-likeness (QED) is 0.772. The predicted octanol–water partition coefficient (Wildman–Crippen LogP) is 2.40. The number of amides is 1. The molecule has 7 nitrogen and oxygen atoms in total. The van der Waals surface area contributed by atoms with E-state index in [4.69, 9.17) is 4.74 Å². The number of anilines is 2. The maximum Gasteiger partial charge on any atom is 0.414 e. The number of halogens is 2. The van der Waals surface area contributed by atoms with Gasteiger partial charge in [0.1, 0.15) is 12.4 Å². The van der Waals surface area contributed by atoms with E-state index in [0.29, 0.717) is 13.0 Å². The van der Waals surface area contributed by atoms with E-state index in [2.05, 4.69) is 5.32 Å². The zero-order chi connectivity index (χ0) is 20.7. The first-order valence-corrected chi connectivity index (χ1v) is 8.94.